The molecule has 1 amide bonds. The highest BCUT2D eigenvalue weighted by atomic mass is 16.5. The van der Waals surface area contributed by atoms with Crippen LogP contribution < -0.4 is 10.1 Å². The molecule has 0 heterocycles. The third kappa shape index (κ3) is 3.63. The molecule has 3 nitrogen and oxygen atoms in total. The molecule has 0 saturated heterocycles. The Morgan fingerprint density at radius 1 is 1.05 bits per heavy atom. The van der Waals surface area contributed by atoms with Crippen molar-refractivity contribution in [1.29, 1.82) is 0 Å². The normalized spacial score (nSPS) is 12.8. The zero-order chi connectivity index (χ0) is 14.5. The lowest BCUT2D eigenvalue weighted by atomic mass is 10.1. The first kappa shape index (κ1) is 13.7. The molecule has 0 radical (unpaired) electrons. The standard InChI is InChI=1S/C18H19NO2/c20-18(11-12-21-17-7-2-1-3-8-17)19-16-10-9-14-5-4-6-15(14)13-16/h1-3,7-10,13H,4-6,11-12H2,(H,19,20). The first-order chi connectivity index (χ1) is 10.3. The number of fused-ring (bicyclic) bond motifs is 1. The van der Waals surface area contributed by atoms with Crippen molar-refractivity contribution in [2.45, 2.75) is 25.7 Å². The number of benzene rings is 2. The summed E-state index contributed by atoms with van der Waals surface area (Å²) in [4.78, 5) is 11.9. The van der Waals surface area contributed by atoms with Gasteiger partial charge in [0.15, 0.2) is 0 Å². The summed E-state index contributed by atoms with van der Waals surface area (Å²) >= 11 is 0. The fraction of sp³-hybridized carbons (Fsp3) is 0.278. The molecule has 0 saturated carbocycles. The summed E-state index contributed by atoms with van der Waals surface area (Å²) < 4.78 is 5.53. The van der Waals surface area contributed by atoms with E-state index in [1.54, 1.807) is 0 Å². The quantitative estimate of drug-likeness (QED) is 0.909. The molecule has 0 atom stereocenters. The van der Waals surface area contributed by atoms with Crippen LogP contribution in [0.25, 0.3) is 0 Å². The number of carbonyl (C=O) groups is 1. The minimum absolute atomic E-state index is 0.0103. The summed E-state index contributed by atoms with van der Waals surface area (Å²) in [7, 11) is 0. The molecule has 0 bridgehead atoms. The molecule has 1 N–H and O–H groups in total. The number of hydrogen-bond donors (Lipinski definition) is 1. The zero-order valence-electron chi connectivity index (χ0n) is 12.0. The lowest BCUT2D eigenvalue weighted by Gasteiger charge is -2.08. The molecule has 1 aliphatic carbocycles. The van der Waals surface area contributed by atoms with Gasteiger partial charge in [0.2, 0.25) is 5.91 Å². The average molecular weight is 281 g/mol. The number of nitrogens with one attached hydrogen (secondary N) is 1. The SMILES string of the molecule is O=C(CCOc1ccccc1)Nc1ccc2c(c1)CCC2. The largest absolute Gasteiger partial charge is 0.493 e. The Balaban J connectivity index is 1.48. The van der Waals surface area contributed by atoms with Crippen LogP contribution >= 0.6 is 0 Å². The van der Waals surface area contributed by atoms with E-state index >= 15 is 0 Å². The van der Waals surface area contributed by atoms with Crippen LogP contribution in [0.1, 0.15) is 24.0 Å². The monoisotopic (exact) mass is 281 g/mol. The van der Waals surface area contributed by atoms with Gasteiger partial charge < -0.3 is 10.1 Å². The number of amides is 1. The Bertz CT molecular complexity index is 622. The molecule has 0 aliphatic heterocycles. The van der Waals surface area contributed by atoms with E-state index in [1.807, 2.05) is 36.4 Å². The predicted octanol–water partition coefficient (Wildman–Crippen LogP) is 3.58. The van der Waals surface area contributed by atoms with Gasteiger partial charge in [-0.15, -0.1) is 0 Å². The summed E-state index contributed by atoms with van der Waals surface area (Å²) in [5, 5.41) is 2.94. The summed E-state index contributed by atoms with van der Waals surface area (Å²) in [6.07, 6.45) is 3.86. The molecule has 0 spiro atoms. The maximum atomic E-state index is 11.9. The Morgan fingerprint density at radius 3 is 2.71 bits per heavy atom. The number of anilines is 1. The second kappa shape index (κ2) is 6.44. The third-order valence-corrected chi connectivity index (χ3v) is 3.72. The van der Waals surface area contributed by atoms with Gasteiger partial charge in [-0.1, -0.05) is 24.3 Å². The topological polar surface area (TPSA) is 38.3 Å². The fourth-order valence-corrected chi connectivity index (χ4v) is 2.65. The van der Waals surface area contributed by atoms with Crippen molar-refractivity contribution in [2.75, 3.05) is 11.9 Å². The van der Waals surface area contributed by atoms with E-state index in [0.29, 0.717) is 13.0 Å². The van der Waals surface area contributed by atoms with Crippen molar-refractivity contribution in [1.82, 2.24) is 0 Å². The highest BCUT2D eigenvalue weighted by Crippen LogP contribution is 2.24. The van der Waals surface area contributed by atoms with Gasteiger partial charge >= 0.3 is 0 Å². The van der Waals surface area contributed by atoms with Gasteiger partial charge in [-0.25, -0.2) is 0 Å². The van der Waals surface area contributed by atoms with E-state index in [4.69, 9.17) is 4.74 Å². The smallest absolute Gasteiger partial charge is 0.227 e. The molecular weight excluding hydrogens is 262 g/mol. The van der Waals surface area contributed by atoms with Crippen LogP contribution in [0.2, 0.25) is 0 Å². The van der Waals surface area contributed by atoms with E-state index in [-0.39, 0.29) is 5.91 Å². The van der Waals surface area contributed by atoms with Crippen LogP contribution in [0.5, 0.6) is 5.75 Å². The van der Waals surface area contributed by atoms with Crippen LogP contribution in [-0.4, -0.2) is 12.5 Å². The fourth-order valence-electron chi connectivity index (χ4n) is 2.65. The molecule has 0 unspecified atom stereocenters. The summed E-state index contributed by atoms with van der Waals surface area (Å²) in [6, 6.07) is 15.8. The van der Waals surface area contributed by atoms with Gasteiger partial charge in [-0.05, 0) is 54.7 Å². The van der Waals surface area contributed by atoms with E-state index in [0.717, 1.165) is 24.3 Å². The van der Waals surface area contributed by atoms with E-state index in [9.17, 15) is 4.79 Å². The first-order valence-electron chi connectivity index (χ1n) is 7.41. The second-order valence-electron chi connectivity index (χ2n) is 5.30. The summed E-state index contributed by atoms with van der Waals surface area (Å²) in [6.45, 7) is 0.390. The van der Waals surface area contributed by atoms with E-state index < -0.39 is 0 Å². The van der Waals surface area contributed by atoms with Crippen LogP contribution in [0.15, 0.2) is 48.5 Å². The maximum Gasteiger partial charge on any atom is 0.227 e. The molecule has 2 aromatic rings. The van der Waals surface area contributed by atoms with Gasteiger partial charge in [-0.2, -0.15) is 0 Å². The lowest BCUT2D eigenvalue weighted by molar-refractivity contribution is -0.116. The number of aryl methyl sites for hydroxylation is 2. The molecule has 21 heavy (non-hydrogen) atoms. The molecule has 3 heteroatoms. The number of hydrogen-bond acceptors (Lipinski definition) is 2. The lowest BCUT2D eigenvalue weighted by Crippen LogP contribution is -2.15. The van der Waals surface area contributed by atoms with Gasteiger partial charge in [0.25, 0.3) is 0 Å². The van der Waals surface area contributed by atoms with Gasteiger partial charge in [0, 0.05) is 5.69 Å². The van der Waals surface area contributed by atoms with Crippen molar-refractivity contribution < 1.29 is 9.53 Å². The molecule has 108 valence electrons. The van der Waals surface area contributed by atoms with E-state index in [2.05, 4.69) is 17.4 Å². The van der Waals surface area contributed by atoms with Crippen molar-refractivity contribution >= 4 is 11.6 Å². The molecule has 2 aromatic carbocycles. The summed E-state index contributed by atoms with van der Waals surface area (Å²) in [5.41, 5.74) is 3.68. The molecule has 0 aromatic heterocycles. The van der Waals surface area contributed by atoms with Crippen LogP contribution in [-0.2, 0) is 17.6 Å². The Kier molecular flexibility index (Phi) is 4.20. The Labute approximate surface area is 124 Å². The molecular formula is C18H19NO2. The van der Waals surface area contributed by atoms with Crippen LogP contribution in [0, 0.1) is 0 Å². The van der Waals surface area contributed by atoms with Crippen LogP contribution in [0.4, 0.5) is 5.69 Å². The minimum Gasteiger partial charge on any atom is -0.493 e. The molecule has 1 aliphatic rings. The molecule has 0 fully saturated rings. The van der Waals surface area contributed by atoms with E-state index in [1.165, 1.54) is 17.5 Å². The van der Waals surface area contributed by atoms with Crippen molar-refractivity contribution in [2.24, 2.45) is 0 Å². The van der Waals surface area contributed by atoms with Crippen molar-refractivity contribution in [3.05, 3.63) is 59.7 Å². The number of para-hydroxylation sites is 1. The minimum atomic E-state index is -0.0103. The summed E-state index contributed by atoms with van der Waals surface area (Å²) in [5.74, 6) is 0.784. The molecule has 3 rings (SSSR count). The number of rotatable bonds is 5. The predicted molar refractivity (Wildman–Crippen MR) is 83.7 cm³/mol. The van der Waals surface area contributed by atoms with Crippen LogP contribution in [0.3, 0.4) is 0 Å². The highest BCUT2D eigenvalue weighted by Gasteiger charge is 2.11. The van der Waals surface area contributed by atoms with Gasteiger partial charge in [0.1, 0.15) is 5.75 Å². The van der Waals surface area contributed by atoms with Gasteiger partial charge in [0.05, 0.1) is 13.0 Å². The Hall–Kier alpha value is -2.29. The van der Waals surface area contributed by atoms with Gasteiger partial charge in [-0.3, -0.25) is 4.79 Å². The first-order valence-corrected chi connectivity index (χ1v) is 7.41. The Morgan fingerprint density at radius 2 is 1.86 bits per heavy atom. The van der Waals surface area contributed by atoms with Crippen molar-refractivity contribution in [3.8, 4) is 5.75 Å². The third-order valence-electron chi connectivity index (χ3n) is 3.72. The second-order valence-corrected chi connectivity index (χ2v) is 5.30. The highest BCUT2D eigenvalue weighted by molar-refractivity contribution is 5.90. The maximum absolute atomic E-state index is 11.9. The zero-order valence-corrected chi connectivity index (χ0v) is 12.0. The number of ether oxygens (including phenoxy) is 1. The average Bonchev–Trinajstić information content (AvgIpc) is 2.96. The number of carbonyl (C=O) groups excluding carboxylic acids is 1. The van der Waals surface area contributed by atoms with Crippen molar-refractivity contribution in [3.63, 3.8) is 0 Å².